The molecule has 27 heavy (non-hydrogen) atoms. The van der Waals surface area contributed by atoms with Crippen LogP contribution in [0.15, 0.2) is 36.5 Å². The first-order valence-corrected chi connectivity index (χ1v) is 9.79. The summed E-state index contributed by atoms with van der Waals surface area (Å²) in [5.74, 6) is 0.407. The summed E-state index contributed by atoms with van der Waals surface area (Å²) >= 11 is 0. The van der Waals surface area contributed by atoms with Crippen molar-refractivity contribution in [3.05, 3.63) is 42.1 Å². The van der Waals surface area contributed by atoms with Crippen LogP contribution in [-0.2, 0) is 20.7 Å². The summed E-state index contributed by atoms with van der Waals surface area (Å²) < 4.78 is 11.0. The summed E-state index contributed by atoms with van der Waals surface area (Å²) in [6.07, 6.45) is 3.28. The maximum absolute atomic E-state index is 12.4. The average molecular weight is 369 g/mol. The van der Waals surface area contributed by atoms with Crippen molar-refractivity contribution in [3.8, 4) is 0 Å². The minimum atomic E-state index is 0.0779. The van der Waals surface area contributed by atoms with Crippen molar-refractivity contribution in [2.24, 2.45) is 5.92 Å². The molecule has 2 saturated heterocycles. The van der Waals surface area contributed by atoms with E-state index in [1.807, 2.05) is 24.4 Å². The number of nitrogens with zero attached hydrogens (tertiary/aromatic N) is 2. The van der Waals surface area contributed by atoms with Gasteiger partial charge in [0.25, 0.3) is 0 Å². The van der Waals surface area contributed by atoms with Gasteiger partial charge in [-0.15, -0.1) is 0 Å². The number of morpholine rings is 1. The zero-order valence-electron chi connectivity index (χ0n) is 15.6. The number of carbonyl (C=O) groups excluding carboxylic acids is 1. The number of hydrogen-bond donors (Lipinski definition) is 1. The molecule has 0 radical (unpaired) electrons. The van der Waals surface area contributed by atoms with Gasteiger partial charge in [0, 0.05) is 43.6 Å². The molecular formula is C21H27N3O3. The average Bonchev–Trinajstić information content (AvgIpc) is 3.14. The second-order valence-corrected chi connectivity index (χ2v) is 7.37. The van der Waals surface area contributed by atoms with E-state index in [9.17, 15) is 4.79 Å². The molecule has 3 heterocycles. The number of para-hydroxylation sites is 1. The van der Waals surface area contributed by atoms with E-state index in [2.05, 4.69) is 27.3 Å². The summed E-state index contributed by atoms with van der Waals surface area (Å²) in [4.78, 5) is 19.1. The Labute approximate surface area is 159 Å². The van der Waals surface area contributed by atoms with E-state index in [1.165, 1.54) is 10.9 Å². The summed E-state index contributed by atoms with van der Waals surface area (Å²) in [5, 5.41) is 4.38. The van der Waals surface area contributed by atoms with Gasteiger partial charge in [-0.05, 0) is 24.1 Å². The number of aromatic nitrogens is 1. The van der Waals surface area contributed by atoms with Crippen LogP contribution in [0.5, 0.6) is 0 Å². The number of carbonyl (C=O) groups is 1. The quantitative estimate of drug-likeness (QED) is 0.839. The zero-order valence-corrected chi connectivity index (χ0v) is 15.6. The monoisotopic (exact) mass is 369 g/mol. The van der Waals surface area contributed by atoms with Crippen molar-refractivity contribution >= 4 is 16.8 Å². The van der Waals surface area contributed by atoms with E-state index in [1.54, 1.807) is 0 Å². The van der Waals surface area contributed by atoms with Crippen molar-refractivity contribution in [1.82, 2.24) is 15.2 Å². The minimum Gasteiger partial charge on any atom is -0.379 e. The van der Waals surface area contributed by atoms with Gasteiger partial charge in [-0.3, -0.25) is 14.7 Å². The fourth-order valence-electron chi connectivity index (χ4n) is 3.94. The third-order valence-electron chi connectivity index (χ3n) is 5.52. The van der Waals surface area contributed by atoms with E-state index in [4.69, 9.17) is 9.47 Å². The van der Waals surface area contributed by atoms with Crippen molar-refractivity contribution in [2.75, 3.05) is 46.1 Å². The van der Waals surface area contributed by atoms with Gasteiger partial charge >= 0.3 is 0 Å². The topological polar surface area (TPSA) is 63.7 Å². The van der Waals surface area contributed by atoms with Gasteiger partial charge in [-0.2, -0.15) is 0 Å². The van der Waals surface area contributed by atoms with Gasteiger partial charge in [0.15, 0.2) is 0 Å². The standard InChI is InChI=1S/C21H27N3O3/c25-21(6-8-24-9-11-26-12-10-24)23-20-15-27-14-17(20)13-16-5-7-22-19-4-2-1-3-18(16)19/h1-5,7,17,20H,6,8-15H2,(H,23,25)/t17-,20+/m1/s1. The van der Waals surface area contributed by atoms with Gasteiger partial charge in [0.1, 0.15) is 0 Å². The van der Waals surface area contributed by atoms with Crippen molar-refractivity contribution in [3.63, 3.8) is 0 Å². The Kier molecular flexibility index (Phi) is 5.97. The molecule has 2 atom stereocenters. The minimum absolute atomic E-state index is 0.0779. The van der Waals surface area contributed by atoms with E-state index in [0.29, 0.717) is 25.6 Å². The van der Waals surface area contributed by atoms with Crippen LogP contribution in [0.2, 0.25) is 0 Å². The number of amides is 1. The molecule has 0 bridgehead atoms. The molecular weight excluding hydrogens is 342 g/mol. The molecule has 1 aromatic carbocycles. The Hall–Kier alpha value is -2.02. The Morgan fingerprint density at radius 2 is 2.00 bits per heavy atom. The third-order valence-corrected chi connectivity index (χ3v) is 5.52. The number of pyridine rings is 1. The fraction of sp³-hybridized carbons (Fsp3) is 0.524. The summed E-state index contributed by atoms with van der Waals surface area (Å²) in [6, 6.07) is 10.4. The zero-order chi connectivity index (χ0) is 18.5. The van der Waals surface area contributed by atoms with Crippen molar-refractivity contribution < 1.29 is 14.3 Å². The van der Waals surface area contributed by atoms with Crippen LogP contribution in [-0.4, -0.2) is 67.9 Å². The van der Waals surface area contributed by atoms with E-state index >= 15 is 0 Å². The first kappa shape index (κ1) is 18.3. The molecule has 0 saturated carbocycles. The predicted molar refractivity (Wildman–Crippen MR) is 104 cm³/mol. The van der Waals surface area contributed by atoms with Crippen molar-refractivity contribution in [2.45, 2.75) is 18.9 Å². The molecule has 2 fully saturated rings. The van der Waals surface area contributed by atoms with Crippen LogP contribution in [0.3, 0.4) is 0 Å². The number of nitrogens with one attached hydrogen (secondary N) is 1. The highest BCUT2D eigenvalue weighted by Crippen LogP contribution is 2.24. The van der Waals surface area contributed by atoms with Gasteiger partial charge in [0.05, 0.1) is 38.0 Å². The van der Waals surface area contributed by atoms with Crippen LogP contribution in [0.4, 0.5) is 0 Å². The highest BCUT2D eigenvalue weighted by atomic mass is 16.5. The number of benzene rings is 1. The maximum Gasteiger partial charge on any atom is 0.221 e. The second kappa shape index (κ2) is 8.78. The SMILES string of the molecule is O=C(CCN1CCOCC1)N[C@H]1COC[C@H]1Cc1ccnc2ccccc12. The lowest BCUT2D eigenvalue weighted by molar-refractivity contribution is -0.122. The van der Waals surface area contributed by atoms with E-state index < -0.39 is 0 Å². The van der Waals surface area contributed by atoms with Crippen LogP contribution in [0.1, 0.15) is 12.0 Å². The lowest BCUT2D eigenvalue weighted by Crippen LogP contribution is -2.43. The normalized spacial score (nSPS) is 23.6. The molecule has 0 spiro atoms. The number of fused-ring (bicyclic) bond motifs is 1. The van der Waals surface area contributed by atoms with E-state index in [-0.39, 0.29) is 11.9 Å². The Morgan fingerprint density at radius 1 is 1.15 bits per heavy atom. The molecule has 1 amide bonds. The highest BCUT2D eigenvalue weighted by Gasteiger charge is 2.30. The third kappa shape index (κ3) is 4.64. The smallest absolute Gasteiger partial charge is 0.221 e. The highest BCUT2D eigenvalue weighted by molar-refractivity contribution is 5.82. The summed E-state index contributed by atoms with van der Waals surface area (Å²) in [5.41, 5.74) is 2.28. The maximum atomic E-state index is 12.4. The fourth-order valence-corrected chi connectivity index (χ4v) is 3.94. The first-order chi connectivity index (χ1) is 13.3. The molecule has 4 rings (SSSR count). The van der Waals surface area contributed by atoms with E-state index in [0.717, 1.165) is 44.8 Å². The van der Waals surface area contributed by atoms with Crippen LogP contribution in [0, 0.1) is 5.92 Å². The van der Waals surface area contributed by atoms with Gasteiger partial charge < -0.3 is 14.8 Å². The van der Waals surface area contributed by atoms with Crippen LogP contribution >= 0.6 is 0 Å². The lowest BCUT2D eigenvalue weighted by Gasteiger charge is -2.26. The second-order valence-electron chi connectivity index (χ2n) is 7.37. The molecule has 2 aromatic rings. The molecule has 0 unspecified atom stereocenters. The Balaban J connectivity index is 1.34. The van der Waals surface area contributed by atoms with Crippen LogP contribution in [0.25, 0.3) is 10.9 Å². The summed E-state index contributed by atoms with van der Waals surface area (Å²) in [7, 11) is 0. The molecule has 0 aliphatic carbocycles. The van der Waals surface area contributed by atoms with Gasteiger partial charge in [-0.1, -0.05) is 18.2 Å². The largest absolute Gasteiger partial charge is 0.379 e. The molecule has 1 aromatic heterocycles. The molecule has 6 heteroatoms. The number of rotatable bonds is 6. The Bertz CT molecular complexity index is 771. The van der Waals surface area contributed by atoms with Crippen LogP contribution < -0.4 is 5.32 Å². The lowest BCUT2D eigenvalue weighted by atomic mass is 9.93. The number of hydrogen-bond acceptors (Lipinski definition) is 5. The molecule has 6 nitrogen and oxygen atoms in total. The first-order valence-electron chi connectivity index (χ1n) is 9.79. The predicted octanol–water partition coefficient (Wildman–Crippen LogP) is 1.63. The molecule has 144 valence electrons. The Morgan fingerprint density at radius 3 is 2.89 bits per heavy atom. The number of ether oxygens (including phenoxy) is 2. The van der Waals surface area contributed by atoms with Crippen molar-refractivity contribution in [1.29, 1.82) is 0 Å². The molecule has 1 N–H and O–H groups in total. The summed E-state index contributed by atoms with van der Waals surface area (Å²) in [6.45, 7) is 5.43. The molecule has 2 aliphatic heterocycles. The van der Waals surface area contributed by atoms with Gasteiger partial charge in [-0.25, -0.2) is 0 Å². The van der Waals surface area contributed by atoms with Gasteiger partial charge in [0.2, 0.25) is 5.91 Å². The molecule has 2 aliphatic rings.